The molecule has 6 nitrogen and oxygen atoms in total. The van der Waals surface area contributed by atoms with Crippen LogP contribution in [0.5, 0.6) is 0 Å². The summed E-state index contributed by atoms with van der Waals surface area (Å²) in [6.45, 7) is 2.57. The summed E-state index contributed by atoms with van der Waals surface area (Å²) in [5.74, 6) is -0.649. The second kappa shape index (κ2) is 5.50. The highest BCUT2D eigenvalue weighted by Gasteiger charge is 2.26. The number of ether oxygens (including phenoxy) is 1. The summed E-state index contributed by atoms with van der Waals surface area (Å²) in [5.41, 5.74) is 0.148. The van der Waals surface area contributed by atoms with Crippen molar-refractivity contribution in [3.63, 3.8) is 0 Å². The lowest BCUT2D eigenvalue weighted by Crippen LogP contribution is -2.48. The number of halogens is 1. The number of benzene rings is 1. The van der Waals surface area contributed by atoms with E-state index in [1.54, 1.807) is 4.90 Å². The molecule has 1 aliphatic rings. The lowest BCUT2D eigenvalue weighted by Gasteiger charge is -2.37. The number of non-ortho nitro benzene ring substituents is 1. The fourth-order valence-corrected chi connectivity index (χ4v) is 2.20. The number of nitro groups is 1. The molecule has 0 radical (unpaired) electrons. The van der Waals surface area contributed by atoms with E-state index < -0.39 is 10.7 Å². The number of morpholine rings is 1. The molecule has 0 bridgehead atoms. The summed E-state index contributed by atoms with van der Waals surface area (Å²) >= 11 is 0. The molecule has 0 amide bonds. The Morgan fingerprint density at radius 3 is 2.89 bits per heavy atom. The minimum Gasteiger partial charge on any atom is -0.394 e. The zero-order chi connectivity index (χ0) is 14.0. The lowest BCUT2D eigenvalue weighted by atomic mass is 10.1. The first-order valence-corrected chi connectivity index (χ1v) is 5.96. The van der Waals surface area contributed by atoms with Crippen LogP contribution in [0.4, 0.5) is 15.8 Å². The smallest absolute Gasteiger partial charge is 0.274 e. The van der Waals surface area contributed by atoms with E-state index in [1.165, 1.54) is 12.1 Å². The normalized spacial score (nSPS) is 23.4. The third-order valence-electron chi connectivity index (χ3n) is 2.97. The Morgan fingerprint density at radius 2 is 2.26 bits per heavy atom. The molecule has 0 aromatic heterocycles. The summed E-state index contributed by atoms with van der Waals surface area (Å²) in [4.78, 5) is 11.9. The van der Waals surface area contributed by atoms with Gasteiger partial charge in [0.2, 0.25) is 0 Å². The van der Waals surface area contributed by atoms with Crippen molar-refractivity contribution >= 4 is 11.4 Å². The predicted octanol–water partition coefficient (Wildman–Crippen LogP) is 1.32. The van der Waals surface area contributed by atoms with E-state index in [4.69, 9.17) is 9.84 Å². The minimum absolute atomic E-state index is 0.131. The quantitative estimate of drug-likeness (QED) is 0.662. The highest BCUT2D eigenvalue weighted by molar-refractivity contribution is 5.54. The Labute approximate surface area is 109 Å². The number of aliphatic hydroxyl groups excluding tert-OH is 1. The topological polar surface area (TPSA) is 75.8 Å². The molecule has 2 unspecified atom stereocenters. The summed E-state index contributed by atoms with van der Waals surface area (Å²) in [7, 11) is 0. The number of nitro benzene ring substituents is 1. The minimum atomic E-state index is -0.649. The molecular weight excluding hydrogens is 255 g/mol. The van der Waals surface area contributed by atoms with Crippen LogP contribution in [0.25, 0.3) is 0 Å². The Hall–Kier alpha value is -1.73. The molecule has 2 rings (SSSR count). The van der Waals surface area contributed by atoms with Crippen LogP contribution in [-0.4, -0.2) is 41.9 Å². The number of anilines is 1. The summed E-state index contributed by atoms with van der Waals surface area (Å²) in [6.07, 6.45) is -0.501. The first-order chi connectivity index (χ1) is 8.99. The summed E-state index contributed by atoms with van der Waals surface area (Å²) < 4.78 is 18.9. The largest absolute Gasteiger partial charge is 0.394 e. The van der Waals surface area contributed by atoms with E-state index in [2.05, 4.69) is 0 Å². The molecule has 0 spiro atoms. The maximum atomic E-state index is 13.4. The Morgan fingerprint density at radius 1 is 1.53 bits per heavy atom. The molecule has 19 heavy (non-hydrogen) atoms. The van der Waals surface area contributed by atoms with E-state index >= 15 is 0 Å². The summed E-state index contributed by atoms with van der Waals surface area (Å²) in [5, 5.41) is 19.9. The molecule has 1 N–H and O–H groups in total. The standard InChI is InChI=1S/C12H15FN2O4/c1-8-5-14(6-12(7-16)19-8)10-2-9(13)3-11(4-10)15(17)18/h2-4,8,12,16H,5-7H2,1H3. The molecule has 1 aromatic carbocycles. The van der Waals surface area contributed by atoms with E-state index in [1.807, 2.05) is 6.92 Å². The van der Waals surface area contributed by atoms with Gasteiger partial charge in [0.25, 0.3) is 5.69 Å². The molecule has 104 valence electrons. The Bertz CT molecular complexity index is 483. The molecule has 1 fully saturated rings. The molecule has 2 atom stereocenters. The van der Waals surface area contributed by atoms with E-state index in [0.717, 1.165) is 6.07 Å². The second-order valence-electron chi connectivity index (χ2n) is 4.58. The van der Waals surface area contributed by atoms with Crippen molar-refractivity contribution in [2.24, 2.45) is 0 Å². The zero-order valence-electron chi connectivity index (χ0n) is 10.5. The van der Waals surface area contributed by atoms with Crippen molar-refractivity contribution < 1.29 is 19.2 Å². The van der Waals surface area contributed by atoms with Crippen molar-refractivity contribution in [3.8, 4) is 0 Å². The molecule has 1 aliphatic heterocycles. The molecule has 1 aromatic rings. The van der Waals surface area contributed by atoms with Crippen LogP contribution in [0.1, 0.15) is 6.92 Å². The van der Waals surface area contributed by atoms with Crippen LogP contribution >= 0.6 is 0 Å². The zero-order valence-corrected chi connectivity index (χ0v) is 10.5. The van der Waals surface area contributed by atoms with E-state index in [-0.39, 0.29) is 24.5 Å². The van der Waals surface area contributed by atoms with Crippen LogP contribution in [0, 0.1) is 15.9 Å². The Kier molecular flexibility index (Phi) is 3.96. The van der Waals surface area contributed by atoms with Gasteiger partial charge in [0.05, 0.1) is 29.8 Å². The SMILES string of the molecule is CC1CN(c2cc(F)cc([N+](=O)[O-])c2)CC(CO)O1. The molecule has 0 aliphatic carbocycles. The van der Waals surface area contributed by atoms with Gasteiger partial charge < -0.3 is 14.7 Å². The highest BCUT2D eigenvalue weighted by atomic mass is 19.1. The van der Waals surface area contributed by atoms with Crippen molar-refractivity contribution in [2.45, 2.75) is 19.1 Å². The second-order valence-corrected chi connectivity index (χ2v) is 4.58. The van der Waals surface area contributed by atoms with Crippen LogP contribution in [0.3, 0.4) is 0 Å². The average Bonchev–Trinajstić information content (AvgIpc) is 2.37. The number of hydrogen-bond acceptors (Lipinski definition) is 5. The monoisotopic (exact) mass is 270 g/mol. The number of rotatable bonds is 3. The average molecular weight is 270 g/mol. The third kappa shape index (κ3) is 3.18. The molecule has 0 saturated carbocycles. The van der Waals surface area contributed by atoms with Gasteiger partial charge in [-0.15, -0.1) is 0 Å². The maximum Gasteiger partial charge on any atom is 0.274 e. The highest BCUT2D eigenvalue weighted by Crippen LogP contribution is 2.26. The van der Waals surface area contributed by atoms with Gasteiger partial charge in [-0.25, -0.2) is 4.39 Å². The van der Waals surface area contributed by atoms with Crippen LogP contribution in [0.15, 0.2) is 18.2 Å². The van der Waals surface area contributed by atoms with Gasteiger partial charge in [0, 0.05) is 24.8 Å². The van der Waals surface area contributed by atoms with Crippen molar-refractivity contribution in [1.82, 2.24) is 0 Å². The number of aliphatic hydroxyl groups is 1. The van der Waals surface area contributed by atoms with Gasteiger partial charge in [0.15, 0.2) is 0 Å². The van der Waals surface area contributed by atoms with Gasteiger partial charge in [-0.05, 0) is 13.0 Å². The number of hydrogen-bond donors (Lipinski definition) is 1. The first-order valence-electron chi connectivity index (χ1n) is 5.96. The van der Waals surface area contributed by atoms with Crippen molar-refractivity contribution in [1.29, 1.82) is 0 Å². The fourth-order valence-electron chi connectivity index (χ4n) is 2.20. The van der Waals surface area contributed by atoms with Gasteiger partial charge in [0.1, 0.15) is 5.82 Å². The van der Waals surface area contributed by atoms with Gasteiger partial charge in [-0.1, -0.05) is 0 Å². The van der Waals surface area contributed by atoms with Gasteiger partial charge in [-0.2, -0.15) is 0 Å². The Balaban J connectivity index is 2.27. The molecule has 7 heteroatoms. The third-order valence-corrected chi connectivity index (χ3v) is 2.97. The predicted molar refractivity (Wildman–Crippen MR) is 66.7 cm³/mol. The lowest BCUT2D eigenvalue weighted by molar-refractivity contribution is -0.385. The van der Waals surface area contributed by atoms with Crippen molar-refractivity contribution in [3.05, 3.63) is 34.1 Å². The maximum absolute atomic E-state index is 13.4. The van der Waals surface area contributed by atoms with Crippen LogP contribution < -0.4 is 4.90 Å². The first kappa shape index (κ1) is 13.7. The van der Waals surface area contributed by atoms with E-state index in [0.29, 0.717) is 18.8 Å². The van der Waals surface area contributed by atoms with Gasteiger partial charge >= 0.3 is 0 Å². The fraction of sp³-hybridized carbons (Fsp3) is 0.500. The number of nitrogens with zero attached hydrogens (tertiary/aromatic N) is 2. The molecular formula is C12H15FN2O4. The van der Waals surface area contributed by atoms with Crippen LogP contribution in [0.2, 0.25) is 0 Å². The van der Waals surface area contributed by atoms with Crippen molar-refractivity contribution in [2.75, 3.05) is 24.6 Å². The summed E-state index contributed by atoms with van der Waals surface area (Å²) in [6, 6.07) is 3.46. The van der Waals surface area contributed by atoms with Gasteiger partial charge in [-0.3, -0.25) is 10.1 Å². The van der Waals surface area contributed by atoms with E-state index in [9.17, 15) is 14.5 Å². The molecule has 1 heterocycles. The van der Waals surface area contributed by atoms with Crippen LogP contribution in [-0.2, 0) is 4.74 Å². The molecule has 1 saturated heterocycles.